The van der Waals surface area contributed by atoms with Gasteiger partial charge in [-0.1, -0.05) is 42.5 Å². The predicted molar refractivity (Wildman–Crippen MR) is 135 cm³/mol. The highest BCUT2D eigenvalue weighted by atomic mass is 16.5. The second-order valence-electron chi connectivity index (χ2n) is 8.73. The Bertz CT molecular complexity index is 1060. The van der Waals surface area contributed by atoms with Crippen LogP contribution in [0.2, 0.25) is 0 Å². The van der Waals surface area contributed by atoms with Gasteiger partial charge in [0.1, 0.15) is 5.75 Å². The molecule has 0 bridgehead atoms. The van der Waals surface area contributed by atoms with Crippen LogP contribution >= 0.6 is 0 Å². The highest BCUT2D eigenvalue weighted by molar-refractivity contribution is 5.76. The predicted octanol–water partition coefficient (Wildman–Crippen LogP) is 4.61. The van der Waals surface area contributed by atoms with E-state index in [1.807, 2.05) is 38.4 Å². The van der Waals surface area contributed by atoms with Gasteiger partial charge in [0.05, 0.1) is 13.2 Å². The van der Waals surface area contributed by atoms with Crippen LogP contribution in [0.25, 0.3) is 0 Å². The van der Waals surface area contributed by atoms with E-state index >= 15 is 0 Å². The minimum atomic E-state index is 0.0770. The lowest BCUT2D eigenvalue weighted by Crippen LogP contribution is -2.37. The van der Waals surface area contributed by atoms with Crippen molar-refractivity contribution in [3.8, 4) is 5.75 Å². The highest BCUT2D eigenvalue weighted by Gasteiger charge is 2.27. The largest absolute Gasteiger partial charge is 0.497 e. The molecule has 0 spiro atoms. The Balaban J connectivity index is 1.45. The number of nitrogens with one attached hydrogen (secondary N) is 1. The molecule has 33 heavy (non-hydrogen) atoms. The Morgan fingerprint density at radius 1 is 1.03 bits per heavy atom. The van der Waals surface area contributed by atoms with Crippen LogP contribution in [0, 0.1) is 0 Å². The van der Waals surface area contributed by atoms with Gasteiger partial charge in [-0.3, -0.25) is 4.79 Å². The van der Waals surface area contributed by atoms with Crippen molar-refractivity contribution in [3.05, 3.63) is 89.5 Å². The Labute approximate surface area is 197 Å². The van der Waals surface area contributed by atoms with Gasteiger partial charge in [-0.15, -0.1) is 0 Å². The summed E-state index contributed by atoms with van der Waals surface area (Å²) in [7, 11) is 5.75. The Morgan fingerprint density at radius 3 is 2.45 bits per heavy atom. The molecule has 1 aliphatic rings. The van der Waals surface area contributed by atoms with Crippen LogP contribution in [0.4, 0.5) is 11.4 Å². The van der Waals surface area contributed by atoms with E-state index in [4.69, 9.17) is 4.74 Å². The monoisotopic (exact) mass is 443 g/mol. The van der Waals surface area contributed by atoms with E-state index in [1.54, 1.807) is 7.11 Å². The summed E-state index contributed by atoms with van der Waals surface area (Å²) in [6.45, 7) is 1.54. The molecule has 1 N–H and O–H groups in total. The summed E-state index contributed by atoms with van der Waals surface area (Å²) in [5.41, 5.74) is 6.16. The topological polar surface area (TPSA) is 44.8 Å². The quantitative estimate of drug-likeness (QED) is 0.524. The fourth-order valence-corrected chi connectivity index (χ4v) is 4.44. The molecule has 0 fully saturated rings. The van der Waals surface area contributed by atoms with Gasteiger partial charge in [0.15, 0.2) is 0 Å². The van der Waals surface area contributed by atoms with Gasteiger partial charge in [0, 0.05) is 45.0 Å². The summed E-state index contributed by atoms with van der Waals surface area (Å²) < 4.78 is 5.21. The summed E-state index contributed by atoms with van der Waals surface area (Å²) in [5, 5.41) is 3.20. The van der Waals surface area contributed by atoms with Gasteiger partial charge in [-0.2, -0.15) is 0 Å². The molecule has 1 amide bonds. The average Bonchev–Trinajstić information content (AvgIpc) is 3.27. The fourth-order valence-electron chi connectivity index (χ4n) is 4.44. The second kappa shape index (κ2) is 10.4. The van der Waals surface area contributed by atoms with Crippen molar-refractivity contribution < 1.29 is 9.53 Å². The van der Waals surface area contributed by atoms with Crippen LogP contribution in [0.15, 0.2) is 72.8 Å². The zero-order valence-electron chi connectivity index (χ0n) is 19.8. The van der Waals surface area contributed by atoms with Crippen molar-refractivity contribution in [2.75, 3.05) is 44.1 Å². The summed E-state index contributed by atoms with van der Waals surface area (Å²) in [5.74, 6) is 0.908. The Kier molecular flexibility index (Phi) is 7.18. The molecule has 0 unspecified atom stereocenters. The molecule has 0 radical (unpaired) electrons. The number of benzene rings is 3. The average molecular weight is 444 g/mol. The minimum Gasteiger partial charge on any atom is -0.497 e. The van der Waals surface area contributed by atoms with Gasteiger partial charge >= 0.3 is 0 Å². The second-order valence-corrected chi connectivity index (χ2v) is 8.73. The number of fused-ring (bicyclic) bond motifs is 1. The molecule has 0 saturated carbocycles. The number of amides is 1. The SMILES string of the molecule is COc1ccc(CCC(=O)NC[C@@H](c2ccc(N(C)C)cc2)N2CCc3ccccc32)cc1. The maximum Gasteiger partial charge on any atom is 0.220 e. The first kappa shape index (κ1) is 22.7. The van der Waals surface area contributed by atoms with E-state index in [0.717, 1.165) is 24.3 Å². The van der Waals surface area contributed by atoms with Crippen LogP contribution in [-0.2, 0) is 17.6 Å². The summed E-state index contributed by atoms with van der Waals surface area (Å²) in [4.78, 5) is 17.3. The summed E-state index contributed by atoms with van der Waals surface area (Å²) in [6.07, 6.45) is 2.22. The molecule has 0 aromatic heterocycles. The molecule has 1 heterocycles. The normalized spacial score (nSPS) is 13.4. The number of anilines is 2. The fraction of sp³-hybridized carbons (Fsp3) is 0.321. The molecule has 1 aliphatic heterocycles. The molecule has 5 nitrogen and oxygen atoms in total. The van der Waals surface area contributed by atoms with Crippen LogP contribution in [-0.4, -0.2) is 40.2 Å². The van der Waals surface area contributed by atoms with Crippen LogP contribution in [0.1, 0.15) is 29.2 Å². The third-order valence-electron chi connectivity index (χ3n) is 6.39. The van der Waals surface area contributed by atoms with Crippen molar-refractivity contribution in [1.82, 2.24) is 5.32 Å². The van der Waals surface area contributed by atoms with Crippen molar-refractivity contribution in [1.29, 1.82) is 0 Å². The number of aryl methyl sites for hydroxylation is 1. The smallest absolute Gasteiger partial charge is 0.220 e. The maximum absolute atomic E-state index is 12.7. The van der Waals surface area contributed by atoms with Crippen molar-refractivity contribution in [3.63, 3.8) is 0 Å². The molecular formula is C28H33N3O2. The first-order valence-corrected chi connectivity index (χ1v) is 11.6. The van der Waals surface area contributed by atoms with Crippen molar-refractivity contribution in [2.45, 2.75) is 25.3 Å². The number of carbonyl (C=O) groups excluding carboxylic acids is 1. The zero-order chi connectivity index (χ0) is 23.2. The first-order valence-electron chi connectivity index (χ1n) is 11.6. The van der Waals surface area contributed by atoms with E-state index in [-0.39, 0.29) is 11.9 Å². The Morgan fingerprint density at radius 2 is 1.76 bits per heavy atom. The minimum absolute atomic E-state index is 0.0770. The van der Waals surface area contributed by atoms with E-state index in [2.05, 4.69) is 63.6 Å². The Hall–Kier alpha value is -3.47. The number of carbonyl (C=O) groups is 1. The number of rotatable bonds is 9. The summed E-state index contributed by atoms with van der Waals surface area (Å²) in [6, 6.07) is 25.3. The molecule has 0 saturated heterocycles. The molecule has 4 rings (SSSR count). The zero-order valence-corrected chi connectivity index (χ0v) is 19.8. The number of methoxy groups -OCH3 is 1. The highest BCUT2D eigenvalue weighted by Crippen LogP contribution is 2.35. The third-order valence-corrected chi connectivity index (χ3v) is 6.39. The van der Waals surface area contributed by atoms with Gasteiger partial charge < -0.3 is 19.9 Å². The van der Waals surface area contributed by atoms with Gasteiger partial charge in [0.25, 0.3) is 0 Å². The molecule has 5 heteroatoms. The molecule has 3 aromatic carbocycles. The number of nitrogens with zero attached hydrogens (tertiary/aromatic N) is 2. The van der Waals surface area contributed by atoms with Crippen LogP contribution in [0.5, 0.6) is 5.75 Å². The first-order chi connectivity index (χ1) is 16.0. The van der Waals surface area contributed by atoms with Crippen molar-refractivity contribution in [2.24, 2.45) is 0 Å². The van der Waals surface area contributed by atoms with E-state index < -0.39 is 0 Å². The summed E-state index contributed by atoms with van der Waals surface area (Å²) >= 11 is 0. The van der Waals surface area contributed by atoms with Gasteiger partial charge in [0.2, 0.25) is 5.91 Å². The lowest BCUT2D eigenvalue weighted by molar-refractivity contribution is -0.121. The lowest BCUT2D eigenvalue weighted by Gasteiger charge is -2.31. The maximum atomic E-state index is 12.7. The third kappa shape index (κ3) is 5.48. The number of hydrogen-bond acceptors (Lipinski definition) is 4. The molecule has 3 aromatic rings. The number of ether oxygens (including phenoxy) is 1. The van der Waals surface area contributed by atoms with Crippen molar-refractivity contribution >= 4 is 17.3 Å². The molecule has 0 aliphatic carbocycles. The van der Waals surface area contributed by atoms with Gasteiger partial charge in [-0.05, 0) is 59.9 Å². The number of para-hydroxylation sites is 1. The molecule has 172 valence electrons. The van der Waals surface area contributed by atoms with E-state index in [0.29, 0.717) is 19.4 Å². The molecule has 1 atom stereocenters. The van der Waals surface area contributed by atoms with Crippen LogP contribution < -0.4 is 19.9 Å². The molecular weight excluding hydrogens is 410 g/mol. The standard InChI is InChI=1S/C28H33N3O2/c1-30(2)24-13-11-23(12-14-24)27(31-19-18-22-6-4-5-7-26(22)31)20-29-28(32)17-10-21-8-15-25(33-3)16-9-21/h4-9,11-16,27H,10,17-20H2,1-3H3,(H,29,32)/t27-/m0/s1. The van der Waals surface area contributed by atoms with Gasteiger partial charge in [-0.25, -0.2) is 0 Å². The number of hydrogen-bond donors (Lipinski definition) is 1. The van der Waals surface area contributed by atoms with Crippen LogP contribution in [0.3, 0.4) is 0 Å². The van der Waals surface area contributed by atoms with E-state index in [1.165, 1.54) is 22.5 Å². The lowest BCUT2D eigenvalue weighted by atomic mass is 10.0. The van der Waals surface area contributed by atoms with E-state index in [9.17, 15) is 4.79 Å².